The Labute approximate surface area is 111 Å². The number of carbonyl (C=O) groups is 1. The van der Waals surface area contributed by atoms with E-state index in [0.717, 1.165) is 19.7 Å². The van der Waals surface area contributed by atoms with Crippen LogP contribution in [0.25, 0.3) is 0 Å². The van der Waals surface area contributed by atoms with Crippen LogP contribution in [-0.4, -0.2) is 43.9 Å². The van der Waals surface area contributed by atoms with Crippen LogP contribution in [-0.2, 0) is 9.47 Å². The maximum atomic E-state index is 11.2. The van der Waals surface area contributed by atoms with E-state index in [1.807, 2.05) is 0 Å². The number of carbonyl (C=O) groups excluding carboxylic acids is 1. The molecule has 1 aliphatic heterocycles. The number of ether oxygens (including phenoxy) is 2. The van der Waals surface area contributed by atoms with Gasteiger partial charge in [-0.15, -0.1) is 0 Å². The summed E-state index contributed by atoms with van der Waals surface area (Å²) in [5.41, 5.74) is 0. The summed E-state index contributed by atoms with van der Waals surface area (Å²) >= 11 is 0. The fourth-order valence-electron chi connectivity index (χ4n) is 1.97. The highest BCUT2D eigenvalue weighted by Crippen LogP contribution is 2.15. The van der Waals surface area contributed by atoms with E-state index in [1.165, 1.54) is 32.1 Å². The molecule has 106 valence electrons. The molecule has 0 bridgehead atoms. The SMILES string of the molecule is CCCCC(CCC)COCCOC(=O)N1CC1. The molecule has 1 fully saturated rings. The molecule has 4 heteroatoms. The van der Waals surface area contributed by atoms with Crippen molar-refractivity contribution in [1.82, 2.24) is 4.90 Å². The van der Waals surface area contributed by atoms with E-state index >= 15 is 0 Å². The lowest BCUT2D eigenvalue weighted by molar-refractivity contribution is 0.0473. The van der Waals surface area contributed by atoms with Crippen LogP contribution >= 0.6 is 0 Å². The van der Waals surface area contributed by atoms with Crippen LogP contribution in [0.4, 0.5) is 4.79 Å². The first-order valence-corrected chi connectivity index (χ1v) is 7.27. The molecule has 4 nitrogen and oxygen atoms in total. The van der Waals surface area contributed by atoms with Crippen LogP contribution in [0.2, 0.25) is 0 Å². The van der Waals surface area contributed by atoms with Crippen LogP contribution < -0.4 is 0 Å². The van der Waals surface area contributed by atoms with Crippen molar-refractivity contribution >= 4 is 6.09 Å². The average molecular weight is 257 g/mol. The van der Waals surface area contributed by atoms with Crippen molar-refractivity contribution in [3.05, 3.63) is 0 Å². The zero-order valence-electron chi connectivity index (χ0n) is 11.8. The third-order valence-corrected chi connectivity index (χ3v) is 3.18. The molecule has 0 aromatic carbocycles. The highest BCUT2D eigenvalue weighted by molar-refractivity contribution is 5.69. The lowest BCUT2D eigenvalue weighted by Gasteiger charge is -2.16. The Kier molecular flexibility index (Phi) is 7.81. The summed E-state index contributed by atoms with van der Waals surface area (Å²) in [7, 11) is 0. The number of hydrogen-bond acceptors (Lipinski definition) is 3. The molecule has 18 heavy (non-hydrogen) atoms. The average Bonchev–Trinajstić information content (AvgIpc) is 3.19. The maximum Gasteiger partial charge on any atom is 0.409 e. The molecule has 1 unspecified atom stereocenters. The first kappa shape index (κ1) is 15.3. The number of amides is 1. The Bertz CT molecular complexity index is 229. The van der Waals surface area contributed by atoms with Crippen molar-refractivity contribution < 1.29 is 14.3 Å². The van der Waals surface area contributed by atoms with E-state index in [1.54, 1.807) is 4.90 Å². The molecule has 0 N–H and O–H groups in total. The summed E-state index contributed by atoms with van der Waals surface area (Å²) < 4.78 is 10.7. The Morgan fingerprint density at radius 3 is 2.56 bits per heavy atom. The molecular weight excluding hydrogens is 230 g/mol. The predicted molar refractivity (Wildman–Crippen MR) is 71.7 cm³/mol. The van der Waals surface area contributed by atoms with E-state index < -0.39 is 0 Å². The molecule has 1 aliphatic rings. The molecule has 0 aromatic heterocycles. The molecule has 0 aromatic rings. The number of hydrogen-bond donors (Lipinski definition) is 0. The lowest BCUT2D eigenvalue weighted by atomic mass is 9.98. The van der Waals surface area contributed by atoms with Gasteiger partial charge in [0.05, 0.1) is 6.61 Å². The zero-order valence-corrected chi connectivity index (χ0v) is 11.8. The summed E-state index contributed by atoms with van der Waals surface area (Å²) in [6, 6.07) is 0. The molecule has 1 atom stereocenters. The standard InChI is InChI=1S/C14H27NO3/c1-3-5-7-13(6-4-2)12-17-10-11-18-14(16)15-8-9-15/h13H,3-12H2,1-2H3. The van der Waals surface area contributed by atoms with Crippen LogP contribution in [0, 0.1) is 5.92 Å². The molecule has 0 aliphatic carbocycles. The number of unbranched alkanes of at least 4 members (excludes halogenated alkanes) is 1. The van der Waals surface area contributed by atoms with Gasteiger partial charge in [-0.3, -0.25) is 0 Å². The van der Waals surface area contributed by atoms with Crippen molar-refractivity contribution in [2.45, 2.75) is 46.0 Å². The van der Waals surface area contributed by atoms with Crippen molar-refractivity contribution in [2.24, 2.45) is 5.92 Å². The second-order valence-corrected chi connectivity index (χ2v) is 4.97. The Hall–Kier alpha value is -0.770. The molecule has 1 rings (SSSR count). The quantitative estimate of drug-likeness (QED) is 0.446. The summed E-state index contributed by atoms with van der Waals surface area (Å²) in [6.45, 7) is 7.81. The molecule has 0 spiro atoms. The van der Waals surface area contributed by atoms with E-state index in [0.29, 0.717) is 19.1 Å². The molecule has 1 amide bonds. The Morgan fingerprint density at radius 2 is 1.94 bits per heavy atom. The fourth-order valence-corrected chi connectivity index (χ4v) is 1.97. The minimum atomic E-state index is -0.199. The Balaban J connectivity index is 1.97. The summed E-state index contributed by atoms with van der Waals surface area (Å²) in [6.07, 6.45) is 6.01. The van der Waals surface area contributed by atoms with Crippen LogP contribution in [0.1, 0.15) is 46.0 Å². The van der Waals surface area contributed by atoms with E-state index in [9.17, 15) is 4.79 Å². The molecule has 0 saturated carbocycles. The molecule has 1 saturated heterocycles. The highest BCUT2D eigenvalue weighted by atomic mass is 16.6. The van der Waals surface area contributed by atoms with Crippen LogP contribution in [0.3, 0.4) is 0 Å². The van der Waals surface area contributed by atoms with Gasteiger partial charge in [-0.05, 0) is 18.8 Å². The summed E-state index contributed by atoms with van der Waals surface area (Å²) in [5.74, 6) is 0.665. The zero-order chi connectivity index (χ0) is 13.2. The smallest absolute Gasteiger partial charge is 0.409 e. The van der Waals surface area contributed by atoms with Crippen LogP contribution in [0.5, 0.6) is 0 Å². The first-order valence-electron chi connectivity index (χ1n) is 7.27. The predicted octanol–water partition coefficient (Wildman–Crippen LogP) is 3.06. The monoisotopic (exact) mass is 257 g/mol. The minimum Gasteiger partial charge on any atom is -0.447 e. The van der Waals surface area contributed by atoms with Crippen molar-refractivity contribution in [2.75, 3.05) is 32.9 Å². The second-order valence-electron chi connectivity index (χ2n) is 4.97. The van der Waals surface area contributed by atoms with Gasteiger partial charge in [-0.2, -0.15) is 0 Å². The first-order chi connectivity index (χ1) is 8.77. The van der Waals surface area contributed by atoms with E-state index in [-0.39, 0.29) is 6.09 Å². The summed E-state index contributed by atoms with van der Waals surface area (Å²) in [4.78, 5) is 12.9. The molecule has 0 radical (unpaired) electrons. The lowest BCUT2D eigenvalue weighted by Crippen LogP contribution is -2.17. The Morgan fingerprint density at radius 1 is 1.17 bits per heavy atom. The molecular formula is C14H27NO3. The number of nitrogens with zero attached hydrogens (tertiary/aromatic N) is 1. The van der Waals surface area contributed by atoms with Gasteiger partial charge >= 0.3 is 6.09 Å². The minimum absolute atomic E-state index is 0.199. The van der Waals surface area contributed by atoms with Gasteiger partial charge in [0.1, 0.15) is 6.61 Å². The van der Waals surface area contributed by atoms with Crippen molar-refractivity contribution in [3.63, 3.8) is 0 Å². The van der Waals surface area contributed by atoms with Crippen molar-refractivity contribution in [3.8, 4) is 0 Å². The van der Waals surface area contributed by atoms with E-state index in [2.05, 4.69) is 13.8 Å². The van der Waals surface area contributed by atoms with Crippen molar-refractivity contribution in [1.29, 1.82) is 0 Å². The van der Waals surface area contributed by atoms with Gasteiger partial charge in [0.15, 0.2) is 0 Å². The van der Waals surface area contributed by atoms with Gasteiger partial charge in [0, 0.05) is 19.7 Å². The van der Waals surface area contributed by atoms with Crippen LogP contribution in [0.15, 0.2) is 0 Å². The van der Waals surface area contributed by atoms with Gasteiger partial charge in [-0.1, -0.05) is 33.1 Å². The molecule has 1 heterocycles. The van der Waals surface area contributed by atoms with Gasteiger partial charge in [-0.25, -0.2) is 4.79 Å². The summed E-state index contributed by atoms with van der Waals surface area (Å²) in [5, 5.41) is 0. The normalized spacial score (nSPS) is 15.6. The van der Waals surface area contributed by atoms with Gasteiger partial charge < -0.3 is 14.4 Å². The van der Waals surface area contributed by atoms with E-state index in [4.69, 9.17) is 9.47 Å². The van der Waals surface area contributed by atoms with Gasteiger partial charge in [0.2, 0.25) is 0 Å². The topological polar surface area (TPSA) is 38.5 Å². The maximum absolute atomic E-state index is 11.2. The van der Waals surface area contributed by atoms with Gasteiger partial charge in [0.25, 0.3) is 0 Å². The third kappa shape index (κ3) is 6.84. The third-order valence-electron chi connectivity index (χ3n) is 3.18. The number of rotatable bonds is 10. The largest absolute Gasteiger partial charge is 0.447 e. The second kappa shape index (κ2) is 9.20. The highest BCUT2D eigenvalue weighted by Gasteiger charge is 2.25. The fraction of sp³-hybridized carbons (Fsp3) is 0.929.